The summed E-state index contributed by atoms with van der Waals surface area (Å²) >= 11 is 15.7. The summed E-state index contributed by atoms with van der Waals surface area (Å²) in [5.74, 6) is 0. The molecule has 0 aliphatic heterocycles. The van der Waals surface area contributed by atoms with Crippen LogP contribution >= 0.6 is 45.9 Å². The molecule has 2 rings (SSSR count). The molecule has 6 heteroatoms. The van der Waals surface area contributed by atoms with Crippen LogP contribution in [-0.2, 0) is 0 Å². The van der Waals surface area contributed by atoms with Gasteiger partial charge in [-0.05, 0) is 27.7 Å². The van der Waals surface area contributed by atoms with Crippen molar-refractivity contribution < 1.29 is 0 Å². The van der Waals surface area contributed by atoms with Crippen LogP contribution in [0.15, 0.2) is 0 Å². The molecule has 0 aliphatic rings. The highest BCUT2D eigenvalue weighted by Gasteiger charge is 2.24. The second-order valence-corrected chi connectivity index (χ2v) is 8.39. The Kier molecular flexibility index (Phi) is 5.00. The highest BCUT2D eigenvalue weighted by atomic mass is 35.5. The zero-order valence-electron chi connectivity index (χ0n) is 12.5. The maximum absolute atomic E-state index is 9.64. The van der Waals surface area contributed by atoms with Crippen molar-refractivity contribution in [3.63, 3.8) is 0 Å². The first-order chi connectivity index (χ1) is 10.3. The molecule has 0 radical (unpaired) electrons. The lowest BCUT2D eigenvalue weighted by molar-refractivity contribution is 1.47. The number of allylic oxidation sites excluding steroid dienone is 2. The van der Waals surface area contributed by atoms with E-state index in [1.807, 2.05) is 27.7 Å². The highest BCUT2D eigenvalue weighted by Crippen LogP contribution is 2.43. The van der Waals surface area contributed by atoms with Crippen molar-refractivity contribution in [2.75, 3.05) is 0 Å². The van der Waals surface area contributed by atoms with Gasteiger partial charge >= 0.3 is 0 Å². The van der Waals surface area contributed by atoms with Gasteiger partial charge in [0.25, 0.3) is 0 Å². The van der Waals surface area contributed by atoms with Gasteiger partial charge in [-0.15, -0.1) is 22.7 Å². The second kappa shape index (κ2) is 6.44. The van der Waals surface area contributed by atoms with E-state index in [0.29, 0.717) is 21.2 Å². The molecule has 0 fully saturated rings. The fraction of sp³-hybridized carbons (Fsp3) is 0.250. The number of nitrogens with zero attached hydrogens (tertiary/aromatic N) is 2. The second-order valence-electron chi connectivity index (χ2n) is 4.78. The molecular formula is C16H12Cl2N2S2. The summed E-state index contributed by atoms with van der Waals surface area (Å²) in [6.07, 6.45) is 0. The molecule has 0 saturated heterocycles. The van der Waals surface area contributed by atoms with Crippen LogP contribution in [0.4, 0.5) is 0 Å². The lowest BCUT2D eigenvalue weighted by atomic mass is 9.96. The van der Waals surface area contributed by atoms with Gasteiger partial charge in [0.15, 0.2) is 0 Å². The third kappa shape index (κ3) is 2.69. The molecule has 2 aromatic rings. The third-order valence-electron chi connectivity index (χ3n) is 3.35. The third-order valence-corrected chi connectivity index (χ3v) is 6.56. The van der Waals surface area contributed by atoms with Gasteiger partial charge in [-0.1, -0.05) is 23.2 Å². The van der Waals surface area contributed by atoms with E-state index in [0.717, 1.165) is 19.5 Å². The predicted molar refractivity (Wildman–Crippen MR) is 95.6 cm³/mol. The molecule has 22 heavy (non-hydrogen) atoms. The Bertz CT molecular complexity index is 801. The first-order valence-corrected chi connectivity index (χ1v) is 8.78. The van der Waals surface area contributed by atoms with Crippen LogP contribution in [0.25, 0.3) is 11.1 Å². The molecule has 2 nitrogen and oxygen atoms in total. The Morgan fingerprint density at radius 3 is 1.23 bits per heavy atom. The van der Waals surface area contributed by atoms with Crippen LogP contribution in [0.1, 0.15) is 30.6 Å². The van der Waals surface area contributed by atoms with Crippen LogP contribution in [0, 0.1) is 50.4 Å². The normalized spacial score (nSPS) is 11.8. The molecule has 0 saturated carbocycles. The standard InChI is InChI=1S/C16H12Cl2N2S2/c1-7-13(15(17)9(3)21-7)11(5-19)12(6-20)14-8(2)22-10(4)16(14)18/h1-4H3. The van der Waals surface area contributed by atoms with E-state index >= 15 is 0 Å². The first-order valence-electron chi connectivity index (χ1n) is 6.39. The van der Waals surface area contributed by atoms with Gasteiger partial charge in [0.1, 0.15) is 12.1 Å². The van der Waals surface area contributed by atoms with Crippen molar-refractivity contribution in [1.82, 2.24) is 0 Å². The molecule has 0 spiro atoms. The van der Waals surface area contributed by atoms with Gasteiger partial charge < -0.3 is 0 Å². The van der Waals surface area contributed by atoms with Crippen molar-refractivity contribution in [3.8, 4) is 12.1 Å². The van der Waals surface area contributed by atoms with Gasteiger partial charge in [-0.25, -0.2) is 0 Å². The monoisotopic (exact) mass is 366 g/mol. The summed E-state index contributed by atoms with van der Waals surface area (Å²) in [6, 6.07) is 4.30. The van der Waals surface area contributed by atoms with E-state index < -0.39 is 0 Å². The van der Waals surface area contributed by atoms with Crippen LogP contribution in [0.5, 0.6) is 0 Å². The summed E-state index contributed by atoms with van der Waals surface area (Å²) in [6.45, 7) is 7.60. The summed E-state index contributed by atoms with van der Waals surface area (Å²) in [7, 11) is 0. The Morgan fingerprint density at radius 1 is 0.727 bits per heavy atom. The van der Waals surface area contributed by atoms with Gasteiger partial charge in [-0.3, -0.25) is 0 Å². The number of hydrogen-bond acceptors (Lipinski definition) is 4. The average molecular weight is 367 g/mol. The van der Waals surface area contributed by atoms with E-state index in [4.69, 9.17) is 23.2 Å². The molecule has 2 heterocycles. The zero-order chi connectivity index (χ0) is 16.6. The minimum Gasteiger partial charge on any atom is -0.192 e. The summed E-state index contributed by atoms with van der Waals surface area (Å²) < 4.78 is 0. The van der Waals surface area contributed by atoms with Crippen LogP contribution in [0.2, 0.25) is 10.0 Å². The van der Waals surface area contributed by atoms with Gasteiger partial charge in [-0.2, -0.15) is 10.5 Å². The Morgan fingerprint density at radius 2 is 1.05 bits per heavy atom. The van der Waals surface area contributed by atoms with Crippen molar-refractivity contribution >= 4 is 57.0 Å². The zero-order valence-corrected chi connectivity index (χ0v) is 15.6. The first kappa shape index (κ1) is 17.1. The number of halogens is 2. The number of hydrogen-bond donors (Lipinski definition) is 0. The molecule has 2 aromatic heterocycles. The van der Waals surface area contributed by atoms with E-state index in [1.165, 1.54) is 22.7 Å². The molecule has 0 aliphatic carbocycles. The number of nitriles is 2. The summed E-state index contributed by atoms with van der Waals surface area (Å²) in [4.78, 5) is 3.71. The van der Waals surface area contributed by atoms with E-state index in [9.17, 15) is 10.5 Å². The van der Waals surface area contributed by atoms with Gasteiger partial charge in [0, 0.05) is 30.6 Å². The molecule has 0 bridgehead atoms. The van der Waals surface area contributed by atoms with Gasteiger partial charge in [0.05, 0.1) is 21.2 Å². The topological polar surface area (TPSA) is 47.6 Å². The maximum Gasteiger partial charge on any atom is 0.101 e. The van der Waals surface area contributed by atoms with Crippen molar-refractivity contribution in [3.05, 3.63) is 40.7 Å². The minimum atomic E-state index is 0.289. The predicted octanol–water partition coefficient (Wildman–Crippen LogP) is 6.31. The van der Waals surface area contributed by atoms with E-state index in [1.54, 1.807) is 0 Å². The van der Waals surface area contributed by atoms with Crippen molar-refractivity contribution in [1.29, 1.82) is 10.5 Å². The Hall–Kier alpha value is -1.30. The molecule has 0 atom stereocenters. The average Bonchev–Trinajstić information content (AvgIpc) is 2.86. The SMILES string of the molecule is Cc1sc(C)c(C(C#N)=C(C#N)c2c(C)sc(C)c2Cl)c1Cl. The van der Waals surface area contributed by atoms with Gasteiger partial charge in [0.2, 0.25) is 0 Å². The lowest BCUT2D eigenvalue weighted by Gasteiger charge is -2.06. The lowest BCUT2D eigenvalue weighted by Crippen LogP contribution is -1.92. The fourth-order valence-corrected chi connectivity index (χ4v) is 5.09. The van der Waals surface area contributed by atoms with Crippen LogP contribution < -0.4 is 0 Å². The maximum atomic E-state index is 9.64. The molecule has 0 unspecified atom stereocenters. The van der Waals surface area contributed by atoms with Crippen molar-refractivity contribution in [2.45, 2.75) is 27.7 Å². The Balaban J connectivity index is 2.87. The molecule has 0 amide bonds. The Labute approximate surface area is 147 Å². The molecule has 0 N–H and O–H groups in total. The van der Waals surface area contributed by atoms with Crippen LogP contribution in [-0.4, -0.2) is 0 Å². The smallest absolute Gasteiger partial charge is 0.101 e. The number of rotatable bonds is 2. The summed E-state index contributed by atoms with van der Waals surface area (Å²) in [5.41, 5.74) is 1.86. The number of aryl methyl sites for hydroxylation is 4. The quantitative estimate of drug-likeness (QED) is 0.584. The fourth-order valence-electron chi connectivity index (χ4n) is 2.36. The number of thiophene rings is 2. The van der Waals surface area contributed by atoms with E-state index in [-0.39, 0.29) is 11.1 Å². The summed E-state index contributed by atoms with van der Waals surface area (Å²) in [5, 5.41) is 20.3. The van der Waals surface area contributed by atoms with Crippen LogP contribution in [0.3, 0.4) is 0 Å². The van der Waals surface area contributed by atoms with E-state index in [2.05, 4.69) is 12.1 Å². The largest absolute Gasteiger partial charge is 0.192 e. The molecule has 112 valence electrons. The highest BCUT2D eigenvalue weighted by molar-refractivity contribution is 7.13. The minimum absolute atomic E-state index is 0.289. The molecular weight excluding hydrogens is 355 g/mol. The molecule has 0 aromatic carbocycles. The van der Waals surface area contributed by atoms with Crippen molar-refractivity contribution in [2.24, 2.45) is 0 Å².